The Morgan fingerprint density at radius 2 is 1.20 bits per heavy atom. The molecule has 12 rings (SSSR count). The van der Waals surface area contributed by atoms with Gasteiger partial charge in [-0.25, -0.2) is 10.6 Å². The Morgan fingerprint density at radius 3 is 1.82 bits per heavy atom. The van der Waals surface area contributed by atoms with Crippen molar-refractivity contribution >= 4 is 0 Å². The van der Waals surface area contributed by atoms with Gasteiger partial charge in [-0.05, 0) is 56.6 Å². The fraction of sp³-hybridized carbons (Fsp3) is 0.289. The molecule has 0 amide bonds. The number of ether oxygens (including phenoxy) is 2. The summed E-state index contributed by atoms with van der Waals surface area (Å²) in [6.45, 7) is 10.3. The lowest BCUT2D eigenvalue weighted by atomic mass is 9.59. The molecule has 4 aliphatic heterocycles. The van der Waals surface area contributed by atoms with E-state index >= 15 is 0 Å². The molecule has 1 aromatic heterocycles. The van der Waals surface area contributed by atoms with Crippen LogP contribution >= 0.6 is 0 Å². The quantitative estimate of drug-likeness (QED) is 0.262. The first-order chi connectivity index (χ1) is 21.8. The van der Waals surface area contributed by atoms with Crippen LogP contribution in [-0.4, -0.2) is 18.6 Å². The second kappa shape index (κ2) is 6.81. The van der Waals surface area contributed by atoms with Crippen molar-refractivity contribution in [3.8, 4) is 22.6 Å². The van der Waals surface area contributed by atoms with Crippen LogP contribution in [0.25, 0.3) is 11.1 Å². The van der Waals surface area contributed by atoms with Gasteiger partial charge in [0, 0.05) is 20.6 Å². The van der Waals surface area contributed by atoms with E-state index in [0.29, 0.717) is 13.5 Å². The highest BCUT2D eigenvalue weighted by molar-refractivity contribution is 5.88. The maximum Gasteiger partial charge on any atom is 0.459 e. The summed E-state index contributed by atoms with van der Waals surface area (Å²) < 4.78 is 17.6. The van der Waals surface area contributed by atoms with Crippen LogP contribution in [-0.2, 0) is 22.2 Å². The largest absolute Gasteiger partial charge is 0.477 e. The van der Waals surface area contributed by atoms with Crippen molar-refractivity contribution in [3.63, 3.8) is 0 Å². The number of hydrogen-bond donors (Lipinski definition) is 2. The van der Waals surface area contributed by atoms with E-state index in [-0.39, 0.29) is 16.7 Å². The van der Waals surface area contributed by atoms with E-state index < -0.39 is 11.3 Å². The first kappa shape index (κ1) is 23.7. The molecular weight excluding hydrogens is 558 g/mol. The zero-order chi connectivity index (χ0) is 29.8. The fourth-order valence-electron chi connectivity index (χ4n) is 10.8. The highest BCUT2D eigenvalue weighted by Gasteiger charge is 2.73. The molecule has 3 unspecified atom stereocenters. The molecule has 0 fully saturated rings. The van der Waals surface area contributed by atoms with Gasteiger partial charge in [-0.1, -0.05) is 76.2 Å². The first-order valence-corrected chi connectivity index (χ1v) is 16.1. The zero-order valence-electron chi connectivity index (χ0n) is 25.6. The number of nitrogens with one attached hydrogen (secondary N) is 2. The summed E-state index contributed by atoms with van der Waals surface area (Å²) in [7, 11) is 0. The third kappa shape index (κ3) is 2.12. The van der Waals surface area contributed by atoms with E-state index in [0.717, 1.165) is 11.5 Å². The number of hydrogen-bond acceptors (Lipinski definition) is 5. The minimum Gasteiger partial charge on any atom is -0.477 e. The second-order valence-corrected chi connectivity index (χ2v) is 14.7. The van der Waals surface area contributed by atoms with E-state index in [9.17, 15) is 0 Å². The van der Waals surface area contributed by atoms with Crippen molar-refractivity contribution in [2.45, 2.75) is 55.8 Å². The topological polar surface area (TPSA) is 63.2 Å². The average Bonchev–Trinajstić information content (AvgIpc) is 3.40. The van der Waals surface area contributed by atoms with Gasteiger partial charge in [-0.15, -0.1) is 4.57 Å². The predicted octanol–water partition coefficient (Wildman–Crippen LogP) is 4.10. The number of aromatic nitrogens is 3. The molecule has 7 aliphatic rings. The fourth-order valence-corrected chi connectivity index (χ4v) is 10.8. The summed E-state index contributed by atoms with van der Waals surface area (Å²) in [5.74, 6) is 3.11. The summed E-state index contributed by atoms with van der Waals surface area (Å²) in [5.41, 5.74) is 14.2. The minimum absolute atomic E-state index is 0.0492. The first-order valence-electron chi connectivity index (χ1n) is 16.1. The summed E-state index contributed by atoms with van der Waals surface area (Å²) in [6, 6.07) is 22.8. The van der Waals surface area contributed by atoms with E-state index in [2.05, 4.69) is 114 Å². The van der Waals surface area contributed by atoms with E-state index in [1.165, 1.54) is 72.6 Å². The number of rotatable bonds is 0. The maximum absolute atomic E-state index is 6.39. The van der Waals surface area contributed by atoms with Crippen molar-refractivity contribution in [2.75, 3.05) is 13.5 Å². The monoisotopic (exact) mass is 589 g/mol. The van der Waals surface area contributed by atoms with Crippen LogP contribution in [0.4, 0.5) is 0 Å². The molecule has 5 heterocycles. The van der Waals surface area contributed by atoms with Gasteiger partial charge in [0.2, 0.25) is 6.20 Å². The highest BCUT2D eigenvalue weighted by atomic mass is 16.5. The summed E-state index contributed by atoms with van der Waals surface area (Å²) in [6.07, 6.45) is 4.19. The molecule has 218 valence electrons. The Kier molecular flexibility index (Phi) is 3.59. The lowest BCUT2D eigenvalue weighted by Crippen LogP contribution is -2.83. The van der Waals surface area contributed by atoms with Gasteiger partial charge in [0.15, 0.2) is 12.1 Å². The lowest BCUT2D eigenvalue weighted by molar-refractivity contribution is -0.914. The third-order valence-corrected chi connectivity index (χ3v) is 12.5. The van der Waals surface area contributed by atoms with Crippen molar-refractivity contribution in [2.24, 2.45) is 0 Å². The lowest BCUT2D eigenvalue weighted by Gasteiger charge is -2.50. The number of fused-ring (bicyclic) bond motifs is 1. The highest BCUT2D eigenvalue weighted by Crippen LogP contribution is 2.65. The Balaban J connectivity index is 1.34. The number of nitrogens with zero attached hydrogens (tertiary/aromatic N) is 3. The minimum atomic E-state index is -0.713. The van der Waals surface area contributed by atoms with Gasteiger partial charge >= 0.3 is 11.5 Å². The Hall–Kier alpha value is -4.59. The van der Waals surface area contributed by atoms with Gasteiger partial charge in [0.05, 0.1) is 22.3 Å². The summed E-state index contributed by atoms with van der Waals surface area (Å²) >= 11 is 0. The van der Waals surface area contributed by atoms with Crippen molar-refractivity contribution in [1.29, 1.82) is 0 Å². The SMILES string of the molecule is CC1(C)c2cccc3c2C2(NCO3)c3c1ccc1c3C3c4c-1ccc1c4C4(NCOc5cccc(c54)C1(C)C)[n+]1ncc[n+]2c13. The van der Waals surface area contributed by atoms with Crippen molar-refractivity contribution < 1.29 is 18.7 Å². The summed E-state index contributed by atoms with van der Waals surface area (Å²) in [4.78, 5) is 0. The summed E-state index contributed by atoms with van der Waals surface area (Å²) in [5, 5.41) is 13.2. The van der Waals surface area contributed by atoms with Crippen molar-refractivity contribution in [1.82, 2.24) is 15.7 Å². The Labute approximate surface area is 260 Å². The van der Waals surface area contributed by atoms with Crippen LogP contribution in [0.2, 0.25) is 0 Å². The molecular formula is C38H31N5O2+2. The molecule has 3 aliphatic carbocycles. The third-order valence-electron chi connectivity index (χ3n) is 12.5. The van der Waals surface area contributed by atoms with Crippen LogP contribution < -0.4 is 29.4 Å². The molecule has 7 heteroatoms. The number of benzene rings is 4. The molecule has 0 radical (unpaired) electrons. The standard InChI is InChI=1S/C38H31N5O2/c1-35(2)21-7-5-9-25-30(21)37(39-17-44-25)32-23(35)13-11-19-20-12-14-24-33-28(20)29(27(19)32)34-42(37)16-15-41-43(34)38(33)31-22(36(24,3)4)8-6-10-26(31)45-18-40-38/h5-16,29,39-40H,17-18H2,1-4H3/q+2. The Bertz CT molecular complexity index is 2170. The van der Waals surface area contributed by atoms with Gasteiger partial charge in [-0.3, -0.25) is 0 Å². The molecule has 2 spiro atoms. The van der Waals surface area contributed by atoms with Crippen LogP contribution in [0.3, 0.4) is 0 Å². The van der Waals surface area contributed by atoms with Gasteiger partial charge in [0.1, 0.15) is 25.0 Å². The van der Waals surface area contributed by atoms with Gasteiger partial charge in [0.25, 0.3) is 5.66 Å². The average molecular weight is 590 g/mol. The smallest absolute Gasteiger partial charge is 0.459 e. The van der Waals surface area contributed by atoms with Gasteiger partial charge in [-0.2, -0.15) is 0 Å². The molecule has 3 atom stereocenters. The predicted molar refractivity (Wildman–Crippen MR) is 164 cm³/mol. The van der Waals surface area contributed by atoms with Crippen LogP contribution in [0.5, 0.6) is 11.5 Å². The van der Waals surface area contributed by atoms with Crippen LogP contribution in [0.15, 0.2) is 73.1 Å². The second-order valence-electron chi connectivity index (χ2n) is 14.7. The molecule has 5 aromatic rings. The van der Waals surface area contributed by atoms with Crippen LogP contribution in [0, 0.1) is 0 Å². The zero-order valence-corrected chi connectivity index (χ0v) is 25.6. The van der Waals surface area contributed by atoms with E-state index in [1.54, 1.807) is 0 Å². The molecule has 0 bridgehead atoms. The molecule has 0 saturated heterocycles. The Morgan fingerprint density at radius 1 is 0.667 bits per heavy atom. The maximum atomic E-state index is 6.39. The molecule has 2 N–H and O–H groups in total. The molecule has 0 saturated carbocycles. The molecule has 4 aromatic carbocycles. The normalized spacial score (nSPS) is 27.4. The molecule has 7 nitrogen and oxygen atoms in total. The molecule has 45 heavy (non-hydrogen) atoms. The van der Waals surface area contributed by atoms with E-state index in [4.69, 9.17) is 14.6 Å². The van der Waals surface area contributed by atoms with Crippen molar-refractivity contribution in [3.05, 3.63) is 135 Å². The van der Waals surface area contributed by atoms with Gasteiger partial charge < -0.3 is 9.47 Å². The van der Waals surface area contributed by atoms with Crippen LogP contribution in [0.1, 0.15) is 95.1 Å². The van der Waals surface area contributed by atoms with E-state index in [1.807, 2.05) is 6.20 Å².